The molecule has 10 aromatic rings. The smallest absolute Gasteiger partial charge is 0.260 e. The summed E-state index contributed by atoms with van der Waals surface area (Å²) < 4.78 is 170. The summed E-state index contributed by atoms with van der Waals surface area (Å²) in [6, 6.07) is 13.7. The Morgan fingerprint density at radius 1 is 0.426 bits per heavy atom. The molecule has 12 rings (SSSR count). The fraction of sp³-hybridized carbons (Fsp3) is 0. The van der Waals surface area contributed by atoms with Gasteiger partial charge in [0.2, 0.25) is 0 Å². The highest BCUT2D eigenvalue weighted by atomic mass is 16.5. The van der Waals surface area contributed by atoms with Crippen molar-refractivity contribution in [3.63, 3.8) is 0 Å². The number of ether oxygens (including phenoxy) is 2. The van der Waals surface area contributed by atoms with Crippen LogP contribution < -0.4 is 25.9 Å². The van der Waals surface area contributed by atoms with Gasteiger partial charge in [0, 0.05) is 28.3 Å². The molecule has 3 heterocycles. The monoisotopic (exact) mass is 704 g/mol. The molecule has 0 unspecified atom stereocenters. The standard InChI is InChI=1S/C50H30BNO2/c1-2-14-31(15-3-1)48-35-17-4-6-19-37(35)49(38-20-7-5-18-36(38)48)32-26-27-43-39(28-32)34-16-8-11-23-42(34)52(43)33-29-46-50-47(30-33)54-45-25-13-10-22-41(45)51(50)40-21-9-12-24-44(40)53-46/h1-30H/i8D,9D,10D,11D,12D,13D,16D,21D,22D,23D,24D,25D,26D,27D,28D,29D,30D. The molecule has 0 fully saturated rings. The first-order valence-electron chi connectivity index (χ1n) is 25.7. The molecule has 250 valence electrons. The minimum Gasteiger partial charge on any atom is -0.458 e. The van der Waals surface area contributed by atoms with Crippen molar-refractivity contribution < 1.29 is 32.8 Å². The molecule has 0 N–H and O–H groups in total. The van der Waals surface area contributed by atoms with E-state index < -0.39 is 138 Å². The molecule has 0 radical (unpaired) electrons. The Morgan fingerprint density at radius 3 is 1.57 bits per heavy atom. The fourth-order valence-electron chi connectivity index (χ4n) is 8.02. The second-order valence-electron chi connectivity index (χ2n) is 13.0. The molecular weight excluding hydrogens is 657 g/mol. The summed E-state index contributed by atoms with van der Waals surface area (Å²) in [5.41, 5.74) is 0.263. The van der Waals surface area contributed by atoms with Crippen molar-refractivity contribution in [2.24, 2.45) is 0 Å². The predicted molar refractivity (Wildman–Crippen MR) is 224 cm³/mol. The maximum Gasteiger partial charge on any atom is 0.260 e. The highest BCUT2D eigenvalue weighted by Gasteiger charge is 2.40. The van der Waals surface area contributed by atoms with Crippen LogP contribution in [0.15, 0.2) is 182 Å². The SMILES string of the molecule is [2H]c1c([2H])c([2H])c2c(c1[2H])Oc1c([2H])c(-n3c4c([2H])c([2H])c([2H])c([2H])c4c4c([2H])c(-c5c6ccccc6c(-c6ccccc6)c6ccccc56)c([2H])c([2H])c43)c([2H])c3c1B2c1c([2H])c([2H])c([2H])c([2H])c1O3. The number of hydrogen-bond donors (Lipinski definition) is 0. The predicted octanol–water partition coefficient (Wildman–Crippen LogP) is 11.2. The molecule has 0 bridgehead atoms. The fourth-order valence-corrected chi connectivity index (χ4v) is 8.02. The summed E-state index contributed by atoms with van der Waals surface area (Å²) in [6.45, 7) is -1.51. The zero-order valence-electron chi connectivity index (χ0n) is 44.8. The van der Waals surface area contributed by atoms with Crippen molar-refractivity contribution in [1.29, 1.82) is 0 Å². The van der Waals surface area contributed by atoms with E-state index >= 15 is 0 Å². The van der Waals surface area contributed by atoms with E-state index in [4.69, 9.17) is 23.2 Å². The average Bonchev–Trinajstić information content (AvgIpc) is 3.73. The molecule has 0 amide bonds. The minimum atomic E-state index is -1.51. The molecule has 0 aliphatic carbocycles. The van der Waals surface area contributed by atoms with Crippen LogP contribution in [0.4, 0.5) is 0 Å². The first kappa shape index (κ1) is 17.7. The molecule has 0 spiro atoms. The van der Waals surface area contributed by atoms with Crippen LogP contribution in [0.25, 0.3) is 71.3 Å². The third-order valence-corrected chi connectivity index (χ3v) is 10.2. The number of benzene rings is 9. The Hall–Kier alpha value is -7.04. The zero-order chi connectivity index (χ0) is 50.1. The number of nitrogens with zero attached hydrogens (tertiary/aromatic N) is 1. The average molecular weight is 705 g/mol. The molecular formula is C50H30BNO2. The van der Waals surface area contributed by atoms with Crippen LogP contribution in [-0.2, 0) is 0 Å². The molecule has 54 heavy (non-hydrogen) atoms. The summed E-state index contributed by atoms with van der Waals surface area (Å²) in [6.07, 6.45) is 0. The number of hydrogen-bond acceptors (Lipinski definition) is 2. The highest BCUT2D eigenvalue weighted by molar-refractivity contribution is 6.98. The van der Waals surface area contributed by atoms with Crippen molar-refractivity contribution in [3.8, 4) is 50.9 Å². The molecule has 0 atom stereocenters. The largest absolute Gasteiger partial charge is 0.458 e. The van der Waals surface area contributed by atoms with E-state index in [1.807, 2.05) is 78.9 Å². The van der Waals surface area contributed by atoms with Gasteiger partial charge in [-0.05, 0) is 84.9 Å². The number of fused-ring (bicyclic) bond motifs is 9. The number of para-hydroxylation sites is 3. The molecule has 9 aromatic carbocycles. The minimum absolute atomic E-state index is 0.0234. The maximum atomic E-state index is 10.2. The molecule has 0 saturated carbocycles. The van der Waals surface area contributed by atoms with Gasteiger partial charge >= 0.3 is 0 Å². The number of aromatic nitrogens is 1. The van der Waals surface area contributed by atoms with E-state index in [9.17, 15) is 9.60 Å². The number of rotatable bonds is 3. The van der Waals surface area contributed by atoms with Gasteiger partial charge in [0.15, 0.2) is 0 Å². The first-order valence-corrected chi connectivity index (χ1v) is 17.2. The van der Waals surface area contributed by atoms with E-state index in [0.29, 0.717) is 16.3 Å². The van der Waals surface area contributed by atoms with Crippen LogP contribution in [0, 0.1) is 0 Å². The molecule has 2 aliphatic rings. The van der Waals surface area contributed by atoms with Crippen molar-refractivity contribution in [1.82, 2.24) is 4.57 Å². The van der Waals surface area contributed by atoms with Gasteiger partial charge in [0.05, 0.1) is 40.0 Å². The third kappa shape index (κ3) is 4.14. The van der Waals surface area contributed by atoms with Gasteiger partial charge in [-0.25, -0.2) is 0 Å². The van der Waals surface area contributed by atoms with Crippen LogP contribution in [0.2, 0.25) is 0 Å². The Labute approximate surface area is 336 Å². The molecule has 3 nitrogen and oxygen atoms in total. The Morgan fingerprint density at radius 2 is 0.944 bits per heavy atom. The van der Waals surface area contributed by atoms with E-state index in [0.717, 1.165) is 26.5 Å². The summed E-state index contributed by atoms with van der Waals surface area (Å²) >= 11 is 0. The van der Waals surface area contributed by atoms with Crippen molar-refractivity contribution in [3.05, 3.63) is 182 Å². The van der Waals surface area contributed by atoms with Gasteiger partial charge in [0.1, 0.15) is 23.0 Å². The lowest BCUT2D eigenvalue weighted by Crippen LogP contribution is -2.57. The summed E-state index contributed by atoms with van der Waals surface area (Å²) in [5.74, 6) is -1.91. The first-order chi connectivity index (χ1) is 33.9. The third-order valence-electron chi connectivity index (χ3n) is 10.2. The normalized spacial score (nSPS) is 17.1. The molecule has 0 saturated heterocycles. The van der Waals surface area contributed by atoms with Crippen LogP contribution in [0.5, 0.6) is 23.0 Å². The Kier molecular flexibility index (Phi) is 3.67. The van der Waals surface area contributed by atoms with E-state index in [2.05, 4.69) is 0 Å². The zero-order valence-corrected chi connectivity index (χ0v) is 27.8. The van der Waals surface area contributed by atoms with Crippen LogP contribution in [-0.4, -0.2) is 11.3 Å². The quantitative estimate of drug-likeness (QED) is 0.135. The van der Waals surface area contributed by atoms with E-state index in [-0.39, 0.29) is 43.8 Å². The summed E-state index contributed by atoms with van der Waals surface area (Å²) in [5, 5.41) is 2.36. The lowest BCUT2D eigenvalue weighted by Gasteiger charge is -2.33. The molecule has 4 heteroatoms. The second-order valence-corrected chi connectivity index (χ2v) is 13.0. The highest BCUT2D eigenvalue weighted by Crippen LogP contribution is 2.45. The van der Waals surface area contributed by atoms with E-state index in [1.165, 1.54) is 0 Å². The maximum absolute atomic E-state index is 10.2. The van der Waals surface area contributed by atoms with Crippen molar-refractivity contribution in [2.75, 3.05) is 0 Å². The van der Waals surface area contributed by atoms with Gasteiger partial charge in [0.25, 0.3) is 6.71 Å². The molecule has 1 aromatic heterocycles. The van der Waals surface area contributed by atoms with Crippen LogP contribution in [0.1, 0.15) is 23.3 Å². The van der Waals surface area contributed by atoms with Crippen molar-refractivity contribution in [2.45, 2.75) is 0 Å². The van der Waals surface area contributed by atoms with Gasteiger partial charge in [-0.3, -0.25) is 0 Å². The summed E-state index contributed by atoms with van der Waals surface area (Å²) in [7, 11) is 0. The summed E-state index contributed by atoms with van der Waals surface area (Å²) in [4.78, 5) is 0. The van der Waals surface area contributed by atoms with Gasteiger partial charge < -0.3 is 14.0 Å². The van der Waals surface area contributed by atoms with Gasteiger partial charge in [-0.2, -0.15) is 0 Å². The van der Waals surface area contributed by atoms with Crippen molar-refractivity contribution >= 4 is 66.5 Å². The van der Waals surface area contributed by atoms with Gasteiger partial charge in [-0.1, -0.05) is 139 Å². The second kappa shape index (κ2) is 11.2. The van der Waals surface area contributed by atoms with Crippen LogP contribution >= 0.6 is 0 Å². The van der Waals surface area contributed by atoms with Gasteiger partial charge in [-0.15, -0.1) is 0 Å². The van der Waals surface area contributed by atoms with Crippen LogP contribution in [0.3, 0.4) is 0 Å². The topological polar surface area (TPSA) is 23.4 Å². The lowest BCUT2D eigenvalue weighted by molar-refractivity contribution is 0.464. The molecule has 2 aliphatic heterocycles. The Bertz CT molecular complexity index is 4000. The lowest BCUT2D eigenvalue weighted by atomic mass is 9.35. The van der Waals surface area contributed by atoms with E-state index in [1.54, 1.807) is 0 Å². The Balaban J connectivity index is 1.25.